The van der Waals surface area contributed by atoms with Crippen LogP contribution in [0.1, 0.15) is 11.4 Å². The lowest BCUT2D eigenvalue weighted by molar-refractivity contribution is 0.568. The summed E-state index contributed by atoms with van der Waals surface area (Å²) in [6.45, 7) is 1.86. The normalized spacial score (nSPS) is 11.2. The molecule has 2 aromatic heterocycles. The van der Waals surface area contributed by atoms with Crippen LogP contribution in [-0.2, 0) is 5.88 Å². The third-order valence-corrected chi connectivity index (χ3v) is 3.34. The van der Waals surface area contributed by atoms with Crippen LogP contribution in [0.5, 0.6) is 0 Å². The summed E-state index contributed by atoms with van der Waals surface area (Å²) in [7, 11) is 0. The van der Waals surface area contributed by atoms with Gasteiger partial charge in [-0.1, -0.05) is 6.07 Å². The molecule has 0 bridgehead atoms. The van der Waals surface area contributed by atoms with Crippen molar-refractivity contribution in [3.05, 3.63) is 53.5 Å². The number of rotatable bonds is 2. The Balaban J connectivity index is 2.44. The van der Waals surface area contributed by atoms with Gasteiger partial charge in [-0.05, 0) is 30.7 Å². The Hall–Kier alpha value is -2.01. The molecule has 3 nitrogen and oxygen atoms in total. The molecule has 6 heteroatoms. The van der Waals surface area contributed by atoms with Gasteiger partial charge in [0, 0.05) is 6.20 Å². The van der Waals surface area contributed by atoms with Gasteiger partial charge in [-0.15, -0.1) is 11.6 Å². The average Bonchev–Trinajstić information content (AvgIpc) is 2.79. The molecule has 0 aliphatic heterocycles. The van der Waals surface area contributed by atoms with E-state index in [1.54, 1.807) is 12.3 Å². The molecule has 0 aliphatic carbocycles. The first kappa shape index (κ1) is 13.0. The van der Waals surface area contributed by atoms with Crippen LogP contribution in [0, 0.1) is 18.6 Å². The van der Waals surface area contributed by atoms with Gasteiger partial charge in [0.1, 0.15) is 28.7 Å². The summed E-state index contributed by atoms with van der Waals surface area (Å²) < 4.78 is 29.3. The lowest BCUT2D eigenvalue weighted by atomic mass is 10.2. The van der Waals surface area contributed by atoms with Gasteiger partial charge in [0.2, 0.25) is 0 Å². The molecule has 3 aromatic rings. The highest BCUT2D eigenvalue weighted by molar-refractivity contribution is 6.17. The second-order valence-corrected chi connectivity index (χ2v) is 4.63. The van der Waals surface area contributed by atoms with Crippen molar-refractivity contribution < 1.29 is 8.78 Å². The summed E-state index contributed by atoms with van der Waals surface area (Å²) in [6, 6.07) is 5.48. The molecule has 0 aliphatic rings. The van der Waals surface area contributed by atoms with Gasteiger partial charge < -0.3 is 0 Å². The molecule has 0 fully saturated rings. The number of fused-ring (bicyclic) bond motifs is 1. The van der Waals surface area contributed by atoms with E-state index in [-0.39, 0.29) is 11.6 Å². The van der Waals surface area contributed by atoms with Gasteiger partial charge in [-0.2, -0.15) is 0 Å². The number of alkyl halides is 1. The minimum atomic E-state index is -0.682. The number of aryl methyl sites for hydroxylation is 1. The van der Waals surface area contributed by atoms with Crippen LogP contribution < -0.4 is 0 Å². The van der Waals surface area contributed by atoms with Crippen LogP contribution in [0.15, 0.2) is 30.5 Å². The maximum atomic E-state index is 14.0. The summed E-state index contributed by atoms with van der Waals surface area (Å²) in [6.07, 6.45) is 1.58. The van der Waals surface area contributed by atoms with E-state index in [4.69, 9.17) is 11.6 Å². The number of para-hydroxylation sites is 1. The molecule has 0 atom stereocenters. The Labute approximate surface area is 118 Å². The predicted molar refractivity (Wildman–Crippen MR) is 73.1 cm³/mol. The van der Waals surface area contributed by atoms with Crippen molar-refractivity contribution in [3.8, 4) is 5.69 Å². The zero-order valence-corrected chi connectivity index (χ0v) is 11.3. The number of halogens is 3. The molecule has 20 heavy (non-hydrogen) atoms. The van der Waals surface area contributed by atoms with Crippen LogP contribution >= 0.6 is 11.6 Å². The van der Waals surface area contributed by atoms with Gasteiger partial charge in [-0.3, -0.25) is 4.57 Å². The third kappa shape index (κ3) is 1.86. The number of aromatic nitrogens is 3. The number of pyridine rings is 1. The number of hydrogen-bond donors (Lipinski definition) is 0. The molecule has 0 N–H and O–H groups in total. The van der Waals surface area contributed by atoms with Gasteiger partial charge in [0.25, 0.3) is 0 Å². The van der Waals surface area contributed by atoms with Crippen molar-refractivity contribution in [2.24, 2.45) is 0 Å². The minimum absolute atomic E-state index is 0.0313. The van der Waals surface area contributed by atoms with E-state index >= 15 is 0 Å². The Morgan fingerprint density at radius 2 is 1.90 bits per heavy atom. The SMILES string of the molecule is Cc1ccnc2c1nc(CCl)n2-c1c(F)cccc1F. The fourth-order valence-electron chi connectivity index (χ4n) is 2.17. The monoisotopic (exact) mass is 293 g/mol. The zero-order valence-electron chi connectivity index (χ0n) is 10.6. The predicted octanol–water partition coefficient (Wildman–Crippen LogP) is 3.75. The first-order valence-corrected chi connectivity index (χ1v) is 6.50. The summed E-state index contributed by atoms with van der Waals surface area (Å²) in [5.41, 5.74) is 1.65. The number of benzene rings is 1. The Morgan fingerprint density at radius 3 is 2.55 bits per heavy atom. The fourth-order valence-corrected chi connectivity index (χ4v) is 2.35. The Morgan fingerprint density at radius 1 is 1.20 bits per heavy atom. The van der Waals surface area contributed by atoms with Crippen molar-refractivity contribution in [1.82, 2.24) is 14.5 Å². The summed E-state index contributed by atoms with van der Waals surface area (Å²) in [5, 5.41) is 0. The summed E-state index contributed by atoms with van der Waals surface area (Å²) >= 11 is 5.85. The third-order valence-electron chi connectivity index (χ3n) is 3.10. The van der Waals surface area contributed by atoms with Gasteiger partial charge in [0.05, 0.1) is 5.88 Å². The van der Waals surface area contributed by atoms with Gasteiger partial charge >= 0.3 is 0 Å². The van der Waals surface area contributed by atoms with E-state index < -0.39 is 11.6 Å². The van der Waals surface area contributed by atoms with E-state index in [1.807, 2.05) is 6.92 Å². The number of imidazole rings is 1. The van der Waals surface area contributed by atoms with Crippen molar-refractivity contribution in [2.45, 2.75) is 12.8 Å². The van der Waals surface area contributed by atoms with E-state index in [0.717, 1.165) is 5.56 Å². The zero-order chi connectivity index (χ0) is 14.3. The average molecular weight is 294 g/mol. The highest BCUT2D eigenvalue weighted by atomic mass is 35.5. The summed E-state index contributed by atoms with van der Waals surface area (Å²) in [5.74, 6) is -0.978. The maximum Gasteiger partial charge on any atom is 0.165 e. The van der Waals surface area contributed by atoms with E-state index in [2.05, 4.69) is 9.97 Å². The minimum Gasteiger partial charge on any atom is -0.274 e. The second-order valence-electron chi connectivity index (χ2n) is 4.37. The largest absolute Gasteiger partial charge is 0.274 e. The summed E-state index contributed by atoms with van der Waals surface area (Å²) in [4.78, 5) is 8.50. The van der Waals surface area contributed by atoms with Crippen molar-refractivity contribution in [3.63, 3.8) is 0 Å². The van der Waals surface area contributed by atoms with Crippen LogP contribution in [-0.4, -0.2) is 14.5 Å². The lowest BCUT2D eigenvalue weighted by Crippen LogP contribution is -2.05. The van der Waals surface area contributed by atoms with E-state index in [0.29, 0.717) is 17.0 Å². The number of hydrogen-bond acceptors (Lipinski definition) is 2. The standard InChI is InChI=1S/C14H10ClF2N3/c1-8-5-6-18-14-12(8)19-11(7-15)20(14)13-9(16)3-2-4-10(13)17/h2-6H,7H2,1H3. The molecule has 1 aromatic carbocycles. The molecule has 0 radical (unpaired) electrons. The van der Waals surface area contributed by atoms with Gasteiger partial charge in [-0.25, -0.2) is 18.7 Å². The second kappa shape index (κ2) is 4.83. The number of nitrogens with zero attached hydrogens (tertiary/aromatic N) is 3. The van der Waals surface area contributed by atoms with Crippen molar-refractivity contribution in [1.29, 1.82) is 0 Å². The molecule has 3 rings (SSSR count). The van der Waals surface area contributed by atoms with Crippen molar-refractivity contribution in [2.75, 3.05) is 0 Å². The molecule has 2 heterocycles. The Kier molecular flexibility index (Phi) is 3.14. The van der Waals surface area contributed by atoms with Crippen LogP contribution in [0.25, 0.3) is 16.9 Å². The lowest BCUT2D eigenvalue weighted by Gasteiger charge is -2.09. The first-order chi connectivity index (χ1) is 9.63. The highest BCUT2D eigenvalue weighted by Gasteiger charge is 2.19. The highest BCUT2D eigenvalue weighted by Crippen LogP contribution is 2.26. The van der Waals surface area contributed by atoms with Crippen LogP contribution in [0.2, 0.25) is 0 Å². The molecule has 0 saturated carbocycles. The quantitative estimate of drug-likeness (QED) is 0.674. The molecule has 0 unspecified atom stereocenters. The topological polar surface area (TPSA) is 30.7 Å². The van der Waals surface area contributed by atoms with Crippen LogP contribution in [0.3, 0.4) is 0 Å². The first-order valence-electron chi connectivity index (χ1n) is 5.96. The van der Waals surface area contributed by atoms with E-state index in [9.17, 15) is 8.78 Å². The molecule has 0 spiro atoms. The van der Waals surface area contributed by atoms with Crippen molar-refractivity contribution >= 4 is 22.8 Å². The van der Waals surface area contributed by atoms with E-state index in [1.165, 1.54) is 22.8 Å². The molecule has 0 saturated heterocycles. The Bertz CT molecular complexity index is 778. The molecule has 102 valence electrons. The van der Waals surface area contributed by atoms with Gasteiger partial charge in [0.15, 0.2) is 5.65 Å². The molecular formula is C14H10ClF2N3. The molecular weight excluding hydrogens is 284 g/mol. The smallest absolute Gasteiger partial charge is 0.165 e. The maximum absolute atomic E-state index is 14.0. The van der Waals surface area contributed by atoms with Crippen LogP contribution in [0.4, 0.5) is 8.78 Å². The fraction of sp³-hybridized carbons (Fsp3) is 0.143. The molecule has 0 amide bonds.